The molecule has 114 valence electrons. The van der Waals surface area contributed by atoms with Crippen LogP contribution in [0.5, 0.6) is 0 Å². The molecule has 21 heavy (non-hydrogen) atoms. The first kappa shape index (κ1) is 16.6. The Morgan fingerprint density at radius 1 is 1.38 bits per heavy atom. The number of carbonyl (C=O) groups excluding carboxylic acids is 3. The van der Waals surface area contributed by atoms with Crippen LogP contribution in [0.2, 0.25) is 0 Å². The predicted molar refractivity (Wildman–Crippen MR) is 75.4 cm³/mol. The van der Waals surface area contributed by atoms with Gasteiger partial charge in [-0.25, -0.2) is 14.6 Å². The molecule has 0 aliphatic rings. The third-order valence-corrected chi connectivity index (χ3v) is 2.15. The summed E-state index contributed by atoms with van der Waals surface area (Å²) in [4.78, 5) is 38.1. The molecule has 0 saturated carbocycles. The second-order valence-corrected chi connectivity index (χ2v) is 5.13. The van der Waals surface area contributed by atoms with Gasteiger partial charge in [-0.15, -0.1) is 0 Å². The van der Waals surface area contributed by atoms with Crippen molar-refractivity contribution in [3.8, 4) is 0 Å². The number of nitrogens with one attached hydrogen (secondary N) is 1. The summed E-state index contributed by atoms with van der Waals surface area (Å²) < 4.78 is 9.93. The van der Waals surface area contributed by atoms with E-state index in [1.54, 1.807) is 27.7 Å². The van der Waals surface area contributed by atoms with Gasteiger partial charge in [0, 0.05) is 11.8 Å². The molecule has 1 aromatic heterocycles. The van der Waals surface area contributed by atoms with Crippen LogP contribution in [0.4, 0.5) is 10.5 Å². The Morgan fingerprint density at radius 2 is 2.05 bits per heavy atom. The number of esters is 1. The number of aldehydes is 1. The number of amides is 1. The van der Waals surface area contributed by atoms with Crippen LogP contribution < -0.4 is 5.32 Å². The van der Waals surface area contributed by atoms with Gasteiger partial charge in [-0.1, -0.05) is 0 Å². The molecule has 0 aliphatic carbocycles. The Hall–Kier alpha value is -2.44. The van der Waals surface area contributed by atoms with E-state index >= 15 is 0 Å². The van der Waals surface area contributed by atoms with Gasteiger partial charge in [-0.2, -0.15) is 0 Å². The van der Waals surface area contributed by atoms with Crippen molar-refractivity contribution in [3.63, 3.8) is 0 Å². The van der Waals surface area contributed by atoms with Gasteiger partial charge in [0.25, 0.3) is 0 Å². The highest BCUT2D eigenvalue weighted by Gasteiger charge is 2.20. The minimum absolute atomic E-state index is 0.0623. The van der Waals surface area contributed by atoms with E-state index in [1.165, 1.54) is 12.3 Å². The fraction of sp³-hybridized carbons (Fsp3) is 0.429. The Morgan fingerprint density at radius 3 is 2.57 bits per heavy atom. The molecule has 0 spiro atoms. The lowest BCUT2D eigenvalue weighted by Crippen LogP contribution is -2.28. The Kier molecular flexibility index (Phi) is 5.40. The number of aromatic nitrogens is 1. The molecule has 0 bridgehead atoms. The molecule has 0 atom stereocenters. The molecule has 1 aromatic rings. The van der Waals surface area contributed by atoms with Crippen LogP contribution >= 0.6 is 0 Å². The minimum atomic E-state index is -0.752. The van der Waals surface area contributed by atoms with E-state index in [-0.39, 0.29) is 23.6 Å². The lowest BCUT2D eigenvalue weighted by molar-refractivity contribution is 0.0520. The molecule has 0 unspecified atom stereocenters. The monoisotopic (exact) mass is 294 g/mol. The van der Waals surface area contributed by atoms with E-state index in [9.17, 15) is 14.4 Å². The van der Waals surface area contributed by atoms with Crippen molar-refractivity contribution in [2.75, 3.05) is 11.9 Å². The summed E-state index contributed by atoms with van der Waals surface area (Å²) in [5.41, 5.74) is -0.501. The quantitative estimate of drug-likeness (QED) is 0.677. The Labute approximate surface area is 122 Å². The summed E-state index contributed by atoms with van der Waals surface area (Å²) in [6.07, 6.45) is 1.03. The normalized spacial score (nSPS) is 10.7. The number of rotatable bonds is 4. The third kappa shape index (κ3) is 5.21. The SMILES string of the molecule is CCOC(=O)c1ncc(C=O)cc1NC(=O)OC(C)(C)C. The second kappa shape index (κ2) is 6.83. The second-order valence-electron chi connectivity index (χ2n) is 5.13. The topological polar surface area (TPSA) is 94.6 Å². The molecule has 7 nitrogen and oxygen atoms in total. The highest BCUT2D eigenvalue weighted by atomic mass is 16.6. The largest absolute Gasteiger partial charge is 0.461 e. The average Bonchev–Trinajstić information content (AvgIpc) is 2.36. The van der Waals surface area contributed by atoms with Gasteiger partial charge in [-0.05, 0) is 33.8 Å². The molecule has 0 saturated heterocycles. The number of anilines is 1. The summed E-state index contributed by atoms with van der Waals surface area (Å²) >= 11 is 0. The van der Waals surface area contributed by atoms with Crippen molar-refractivity contribution in [2.45, 2.75) is 33.3 Å². The molecule has 1 rings (SSSR count). The van der Waals surface area contributed by atoms with E-state index < -0.39 is 17.7 Å². The van der Waals surface area contributed by atoms with Gasteiger partial charge in [0.15, 0.2) is 12.0 Å². The van der Waals surface area contributed by atoms with E-state index in [1.807, 2.05) is 0 Å². The molecule has 0 aliphatic heterocycles. The van der Waals surface area contributed by atoms with Gasteiger partial charge in [-0.3, -0.25) is 10.1 Å². The standard InChI is InChI=1S/C14H18N2O5/c1-5-20-12(18)11-10(6-9(8-17)7-15-11)16-13(19)21-14(2,3)4/h6-8H,5H2,1-4H3,(H,16,19). The number of hydrogen-bond acceptors (Lipinski definition) is 6. The molecule has 1 heterocycles. The van der Waals surface area contributed by atoms with Crippen LogP contribution in [0.1, 0.15) is 48.5 Å². The first-order valence-corrected chi connectivity index (χ1v) is 6.39. The molecule has 0 radical (unpaired) electrons. The van der Waals surface area contributed by atoms with Crippen molar-refractivity contribution in [2.24, 2.45) is 0 Å². The van der Waals surface area contributed by atoms with E-state index in [0.29, 0.717) is 6.29 Å². The fourth-order valence-electron chi connectivity index (χ4n) is 1.42. The molecular weight excluding hydrogens is 276 g/mol. The van der Waals surface area contributed by atoms with Crippen molar-refractivity contribution < 1.29 is 23.9 Å². The predicted octanol–water partition coefficient (Wildman–Crippen LogP) is 2.42. The van der Waals surface area contributed by atoms with Crippen molar-refractivity contribution in [1.29, 1.82) is 0 Å². The summed E-state index contributed by atoms with van der Waals surface area (Å²) in [5.74, 6) is -0.694. The zero-order chi connectivity index (χ0) is 16.0. The number of carbonyl (C=O) groups is 3. The van der Waals surface area contributed by atoms with Crippen LogP contribution in [-0.2, 0) is 9.47 Å². The van der Waals surface area contributed by atoms with Gasteiger partial charge in [0.05, 0.1) is 12.3 Å². The minimum Gasteiger partial charge on any atom is -0.461 e. The van der Waals surface area contributed by atoms with Crippen LogP contribution in [0.15, 0.2) is 12.3 Å². The van der Waals surface area contributed by atoms with Crippen LogP contribution in [-0.4, -0.2) is 35.5 Å². The molecular formula is C14H18N2O5. The van der Waals surface area contributed by atoms with E-state index in [2.05, 4.69) is 10.3 Å². The molecule has 1 amide bonds. The van der Waals surface area contributed by atoms with Crippen LogP contribution in [0.25, 0.3) is 0 Å². The Balaban J connectivity index is 3.04. The summed E-state index contributed by atoms with van der Waals surface area (Å²) in [6.45, 7) is 6.94. The highest BCUT2D eigenvalue weighted by molar-refractivity contribution is 5.99. The number of pyridine rings is 1. The summed E-state index contributed by atoms with van der Waals surface area (Å²) in [7, 11) is 0. The number of hydrogen-bond donors (Lipinski definition) is 1. The van der Waals surface area contributed by atoms with Gasteiger partial charge in [0.1, 0.15) is 5.60 Å². The molecule has 1 N–H and O–H groups in total. The van der Waals surface area contributed by atoms with Gasteiger partial charge in [0.2, 0.25) is 0 Å². The Bertz CT molecular complexity index is 549. The zero-order valence-electron chi connectivity index (χ0n) is 12.4. The van der Waals surface area contributed by atoms with Crippen LogP contribution in [0, 0.1) is 0 Å². The van der Waals surface area contributed by atoms with E-state index in [0.717, 1.165) is 0 Å². The maximum absolute atomic E-state index is 11.8. The third-order valence-electron chi connectivity index (χ3n) is 2.15. The number of nitrogens with zero attached hydrogens (tertiary/aromatic N) is 1. The molecule has 0 fully saturated rings. The maximum Gasteiger partial charge on any atom is 0.412 e. The van der Waals surface area contributed by atoms with Crippen LogP contribution in [0.3, 0.4) is 0 Å². The van der Waals surface area contributed by atoms with Gasteiger partial charge < -0.3 is 9.47 Å². The highest BCUT2D eigenvalue weighted by Crippen LogP contribution is 2.17. The maximum atomic E-state index is 11.8. The lowest BCUT2D eigenvalue weighted by atomic mass is 10.2. The van der Waals surface area contributed by atoms with E-state index in [4.69, 9.17) is 9.47 Å². The van der Waals surface area contributed by atoms with Crippen molar-refractivity contribution >= 4 is 24.0 Å². The summed E-state index contributed by atoms with van der Waals surface area (Å²) in [6, 6.07) is 1.33. The summed E-state index contributed by atoms with van der Waals surface area (Å²) in [5, 5.41) is 2.40. The van der Waals surface area contributed by atoms with Crippen molar-refractivity contribution in [1.82, 2.24) is 4.98 Å². The zero-order valence-corrected chi connectivity index (χ0v) is 12.4. The van der Waals surface area contributed by atoms with Gasteiger partial charge >= 0.3 is 12.1 Å². The fourth-order valence-corrected chi connectivity index (χ4v) is 1.42. The first-order valence-electron chi connectivity index (χ1n) is 6.39. The lowest BCUT2D eigenvalue weighted by Gasteiger charge is -2.20. The molecule has 0 aromatic carbocycles. The number of ether oxygens (including phenoxy) is 2. The average molecular weight is 294 g/mol. The first-order chi connectivity index (χ1) is 9.76. The molecule has 7 heteroatoms. The smallest absolute Gasteiger partial charge is 0.412 e. The van der Waals surface area contributed by atoms with Crippen molar-refractivity contribution in [3.05, 3.63) is 23.5 Å².